The number of carboxylic acid groups (broad SMARTS) is 1. The zero-order valence-corrected chi connectivity index (χ0v) is 14.6. The quantitative estimate of drug-likeness (QED) is 0.476. The van der Waals surface area contributed by atoms with Crippen molar-refractivity contribution in [3.05, 3.63) is 49.6 Å². The maximum atomic E-state index is 10.2. The molecule has 0 aliphatic carbocycles. The van der Waals surface area contributed by atoms with E-state index in [1.54, 1.807) is 19.9 Å². The Labute approximate surface area is 143 Å². The lowest BCUT2D eigenvalue weighted by Crippen LogP contribution is -1.98. The van der Waals surface area contributed by atoms with Gasteiger partial charge in [-0.3, -0.25) is 0 Å². The number of methoxy groups -OCH3 is 1. The molecule has 0 atom stereocenters. The van der Waals surface area contributed by atoms with E-state index in [0.29, 0.717) is 12.2 Å². The number of rotatable bonds is 4. The molecule has 0 saturated carbocycles. The molecule has 0 aromatic heterocycles. The van der Waals surface area contributed by atoms with Crippen LogP contribution in [0.25, 0.3) is 0 Å². The fraction of sp³-hybridized carbons (Fsp3) is 0.294. The molecule has 0 unspecified atom stereocenters. The summed E-state index contributed by atoms with van der Waals surface area (Å²) in [5.41, 5.74) is 0.609. The van der Waals surface area contributed by atoms with Crippen LogP contribution in [0.5, 0.6) is 0 Å². The molecule has 0 bridgehead atoms. The second kappa shape index (κ2) is 22.1. The predicted octanol–water partition coefficient (Wildman–Crippen LogP) is 2.81. The SMILES string of the molecule is C=C(C)C(=O)O.C=C(C)C(=O)OC.C=CC#N.C=CC(=O)OCC. The maximum Gasteiger partial charge on any atom is 0.332 e. The molecule has 0 fully saturated rings. The Morgan fingerprint density at radius 3 is 1.58 bits per heavy atom. The lowest BCUT2D eigenvalue weighted by molar-refractivity contribution is -0.137. The third kappa shape index (κ3) is 36.4. The van der Waals surface area contributed by atoms with Gasteiger partial charge in [0.2, 0.25) is 0 Å². The fourth-order valence-corrected chi connectivity index (χ4v) is 0.375. The monoisotopic (exact) mass is 339 g/mol. The van der Waals surface area contributed by atoms with Crippen LogP contribution >= 0.6 is 0 Å². The molecule has 0 saturated heterocycles. The van der Waals surface area contributed by atoms with E-state index in [0.717, 1.165) is 6.08 Å². The van der Waals surface area contributed by atoms with Gasteiger partial charge >= 0.3 is 17.9 Å². The molecule has 0 aromatic carbocycles. The Balaban J connectivity index is -0.000000113. The fourth-order valence-electron chi connectivity index (χ4n) is 0.375. The third-order valence-electron chi connectivity index (χ3n) is 1.44. The minimum absolute atomic E-state index is 0.176. The maximum absolute atomic E-state index is 10.2. The van der Waals surface area contributed by atoms with Gasteiger partial charge in [-0.2, -0.15) is 5.26 Å². The van der Waals surface area contributed by atoms with Gasteiger partial charge in [0.25, 0.3) is 0 Å². The number of carbonyl (C=O) groups excluding carboxylic acids is 2. The lowest BCUT2D eigenvalue weighted by atomic mass is 10.4. The van der Waals surface area contributed by atoms with E-state index in [1.165, 1.54) is 20.1 Å². The molecule has 134 valence electrons. The number of aliphatic carboxylic acids is 1. The van der Waals surface area contributed by atoms with Crippen LogP contribution < -0.4 is 0 Å². The van der Waals surface area contributed by atoms with E-state index in [4.69, 9.17) is 10.4 Å². The number of carbonyl (C=O) groups is 3. The molecule has 0 heterocycles. The second-order valence-corrected chi connectivity index (χ2v) is 3.65. The number of esters is 2. The highest BCUT2D eigenvalue weighted by Crippen LogP contribution is 1.87. The molecule has 0 radical (unpaired) electrons. The van der Waals surface area contributed by atoms with Crippen molar-refractivity contribution in [2.75, 3.05) is 13.7 Å². The molecule has 24 heavy (non-hydrogen) atoms. The first kappa shape index (κ1) is 28.9. The molecule has 0 aliphatic heterocycles. The number of nitrogens with zero attached hydrogens (tertiary/aromatic N) is 1. The molecule has 1 N–H and O–H groups in total. The smallest absolute Gasteiger partial charge is 0.332 e. The predicted molar refractivity (Wildman–Crippen MR) is 91.9 cm³/mol. The van der Waals surface area contributed by atoms with Crippen molar-refractivity contribution < 1.29 is 29.0 Å². The van der Waals surface area contributed by atoms with Crippen molar-refractivity contribution in [3.63, 3.8) is 0 Å². The Morgan fingerprint density at radius 2 is 1.54 bits per heavy atom. The summed E-state index contributed by atoms with van der Waals surface area (Å²) in [6.07, 6.45) is 2.32. The number of nitriles is 1. The van der Waals surface area contributed by atoms with E-state index >= 15 is 0 Å². The Morgan fingerprint density at radius 1 is 1.17 bits per heavy atom. The molecule has 7 nitrogen and oxygen atoms in total. The van der Waals surface area contributed by atoms with Gasteiger partial charge in [-0.1, -0.05) is 26.3 Å². The summed E-state index contributed by atoms with van der Waals surface area (Å²) in [5.74, 6) is -1.64. The van der Waals surface area contributed by atoms with Crippen molar-refractivity contribution in [2.45, 2.75) is 20.8 Å². The first-order chi connectivity index (χ1) is 11.0. The molecule has 0 aromatic rings. The highest BCUT2D eigenvalue weighted by Gasteiger charge is 1.95. The minimum Gasteiger partial charge on any atom is -0.478 e. The number of allylic oxidation sites excluding steroid dienone is 1. The van der Waals surface area contributed by atoms with Gasteiger partial charge in [0.1, 0.15) is 0 Å². The van der Waals surface area contributed by atoms with E-state index in [2.05, 4.69) is 35.8 Å². The van der Waals surface area contributed by atoms with Gasteiger partial charge in [-0.15, -0.1) is 0 Å². The first-order valence-corrected chi connectivity index (χ1v) is 6.47. The van der Waals surface area contributed by atoms with Crippen LogP contribution in [0, 0.1) is 11.3 Å². The van der Waals surface area contributed by atoms with Crippen molar-refractivity contribution in [2.24, 2.45) is 0 Å². The van der Waals surface area contributed by atoms with Crippen molar-refractivity contribution in [3.8, 4) is 6.07 Å². The third-order valence-corrected chi connectivity index (χ3v) is 1.44. The molecular weight excluding hydrogens is 314 g/mol. The minimum atomic E-state index is -0.935. The van der Waals surface area contributed by atoms with E-state index < -0.39 is 5.97 Å². The normalized spacial score (nSPS) is 6.96. The standard InChI is InChI=1S/2C5H8O2.C4H6O2.C3H3N/c1-4(2)5(6)7-3;1-3-5(6)7-4-2;1-3(2)4(5)6;1-2-3-4/h1H2,2-3H3;3H,1,4H2,2H3;1H2,2H3,(H,5,6);2H,1H2. The Kier molecular flexibility index (Phi) is 26.7. The summed E-state index contributed by atoms with van der Waals surface area (Å²) in [6.45, 7) is 18.1. The van der Waals surface area contributed by atoms with Crippen LogP contribution in [0.1, 0.15) is 20.8 Å². The molecule has 0 rings (SSSR count). The zero-order valence-electron chi connectivity index (χ0n) is 14.6. The zero-order chi connectivity index (χ0) is 20.1. The summed E-state index contributed by atoms with van der Waals surface area (Å²) in [7, 11) is 1.33. The topological polar surface area (TPSA) is 114 Å². The Hall–Kier alpha value is -3.14. The van der Waals surface area contributed by atoms with Crippen LogP contribution in [-0.2, 0) is 23.9 Å². The number of ether oxygens (including phenoxy) is 2. The lowest BCUT2D eigenvalue weighted by Gasteiger charge is -1.91. The van der Waals surface area contributed by atoms with Crippen LogP contribution in [-0.4, -0.2) is 36.7 Å². The van der Waals surface area contributed by atoms with Crippen LogP contribution in [0.15, 0.2) is 49.6 Å². The van der Waals surface area contributed by atoms with Gasteiger partial charge < -0.3 is 14.6 Å². The number of hydrogen-bond acceptors (Lipinski definition) is 6. The summed E-state index contributed by atoms with van der Waals surface area (Å²) in [6, 6.07) is 1.69. The molecule has 7 heteroatoms. The summed E-state index contributed by atoms with van der Waals surface area (Å²) in [4.78, 5) is 29.9. The van der Waals surface area contributed by atoms with Crippen LogP contribution in [0.3, 0.4) is 0 Å². The number of hydrogen-bond donors (Lipinski definition) is 1. The average Bonchev–Trinajstić information content (AvgIpc) is 2.55. The van der Waals surface area contributed by atoms with Crippen LogP contribution in [0.4, 0.5) is 0 Å². The van der Waals surface area contributed by atoms with Crippen LogP contribution in [0.2, 0.25) is 0 Å². The Bertz CT molecular complexity index is 472. The van der Waals surface area contributed by atoms with Crippen molar-refractivity contribution in [1.29, 1.82) is 5.26 Å². The van der Waals surface area contributed by atoms with Gasteiger partial charge in [-0.25, -0.2) is 14.4 Å². The van der Waals surface area contributed by atoms with Gasteiger partial charge in [0.15, 0.2) is 0 Å². The summed E-state index contributed by atoms with van der Waals surface area (Å²) in [5, 5.41) is 15.4. The number of carboxylic acids is 1. The van der Waals surface area contributed by atoms with Gasteiger partial charge in [0, 0.05) is 23.3 Å². The van der Waals surface area contributed by atoms with E-state index in [-0.39, 0.29) is 17.5 Å². The average molecular weight is 339 g/mol. The summed E-state index contributed by atoms with van der Waals surface area (Å²) < 4.78 is 8.71. The summed E-state index contributed by atoms with van der Waals surface area (Å²) >= 11 is 0. The molecule has 0 spiro atoms. The van der Waals surface area contributed by atoms with Gasteiger partial charge in [0.05, 0.1) is 19.8 Å². The first-order valence-electron chi connectivity index (χ1n) is 6.47. The highest BCUT2D eigenvalue weighted by atomic mass is 16.5. The molecular formula is C17H25NO6. The highest BCUT2D eigenvalue weighted by molar-refractivity contribution is 5.86. The second-order valence-electron chi connectivity index (χ2n) is 3.65. The molecule has 0 amide bonds. The van der Waals surface area contributed by atoms with Gasteiger partial charge in [-0.05, 0) is 20.8 Å². The molecule has 0 aliphatic rings. The van der Waals surface area contributed by atoms with Crippen molar-refractivity contribution >= 4 is 17.9 Å². The largest absolute Gasteiger partial charge is 0.478 e. The van der Waals surface area contributed by atoms with E-state index in [9.17, 15) is 14.4 Å². The van der Waals surface area contributed by atoms with Crippen molar-refractivity contribution in [1.82, 2.24) is 0 Å². The van der Waals surface area contributed by atoms with E-state index in [1.807, 2.05) is 0 Å².